The highest BCUT2D eigenvalue weighted by Gasteiger charge is 2.43. The van der Waals surface area contributed by atoms with Crippen LogP contribution < -0.4 is 16.6 Å². The van der Waals surface area contributed by atoms with E-state index >= 15 is 0 Å². The molecule has 7 nitrogen and oxygen atoms in total. The Bertz CT molecular complexity index is 1060. The van der Waals surface area contributed by atoms with Gasteiger partial charge in [0.2, 0.25) is 5.91 Å². The summed E-state index contributed by atoms with van der Waals surface area (Å²) in [7, 11) is 2.00. The Morgan fingerprint density at radius 3 is 3.00 bits per heavy atom. The zero-order valence-corrected chi connectivity index (χ0v) is 16.5. The molecule has 3 heterocycles. The normalized spacial score (nSPS) is 26.9. The highest BCUT2D eigenvalue weighted by molar-refractivity contribution is 5.96. The Balaban J connectivity index is 1.54. The number of benzene rings is 1. The van der Waals surface area contributed by atoms with Crippen LogP contribution in [0.4, 0.5) is 0 Å². The summed E-state index contributed by atoms with van der Waals surface area (Å²) in [6.07, 6.45) is 8.56. The van der Waals surface area contributed by atoms with Crippen molar-refractivity contribution in [3.8, 4) is 11.3 Å². The summed E-state index contributed by atoms with van der Waals surface area (Å²) in [5.74, 6) is 0.746. The van der Waals surface area contributed by atoms with E-state index in [4.69, 9.17) is 5.73 Å². The van der Waals surface area contributed by atoms with E-state index < -0.39 is 0 Å². The van der Waals surface area contributed by atoms with E-state index in [1.165, 1.54) is 10.9 Å². The second-order valence-corrected chi connectivity index (χ2v) is 8.23. The van der Waals surface area contributed by atoms with E-state index in [0.717, 1.165) is 35.9 Å². The van der Waals surface area contributed by atoms with Crippen molar-refractivity contribution in [2.45, 2.75) is 31.2 Å². The minimum absolute atomic E-state index is 0.0444. The number of carbonyl (C=O) groups is 1. The van der Waals surface area contributed by atoms with Crippen LogP contribution in [0.5, 0.6) is 0 Å². The number of hydrogen-bond acceptors (Lipinski definition) is 5. The van der Waals surface area contributed by atoms with E-state index in [1.54, 1.807) is 0 Å². The van der Waals surface area contributed by atoms with E-state index in [0.29, 0.717) is 12.5 Å². The maximum absolute atomic E-state index is 12.3. The standard InChI is InChI=1S/C22H26N6O/c1-28-21(15-4-2-3-13-7-8-24-11-18(13)15)19(12-25-28)14-5-6-16-17(9-14)20(10-23)26-27-22(16)29/h2-4,7-8,11-12,14,16-17,20,26H,5-6,9-10,23H2,1H3,(H,27,29). The number of amides is 1. The van der Waals surface area contributed by atoms with Crippen molar-refractivity contribution < 1.29 is 4.79 Å². The molecule has 4 unspecified atom stereocenters. The number of hydrazine groups is 1. The molecule has 7 heteroatoms. The Kier molecular flexibility index (Phi) is 4.56. The summed E-state index contributed by atoms with van der Waals surface area (Å²) in [6, 6.07) is 8.50. The van der Waals surface area contributed by atoms with Gasteiger partial charge in [0.15, 0.2) is 0 Å². The molecule has 0 spiro atoms. The average molecular weight is 390 g/mol. The number of rotatable bonds is 3. The number of aromatic nitrogens is 3. The number of nitrogens with zero attached hydrogens (tertiary/aromatic N) is 3. The van der Waals surface area contributed by atoms with Gasteiger partial charge in [0.05, 0.1) is 11.9 Å². The van der Waals surface area contributed by atoms with Crippen molar-refractivity contribution in [1.82, 2.24) is 25.6 Å². The lowest BCUT2D eigenvalue weighted by Crippen LogP contribution is -2.62. The molecule has 2 fully saturated rings. The van der Waals surface area contributed by atoms with Crippen LogP contribution in [0.3, 0.4) is 0 Å². The second-order valence-electron chi connectivity index (χ2n) is 8.23. The molecule has 1 saturated heterocycles. The van der Waals surface area contributed by atoms with E-state index in [9.17, 15) is 4.79 Å². The van der Waals surface area contributed by atoms with Gasteiger partial charge in [0, 0.05) is 54.5 Å². The van der Waals surface area contributed by atoms with Gasteiger partial charge in [-0.3, -0.25) is 19.9 Å². The minimum Gasteiger partial charge on any atom is -0.329 e. The summed E-state index contributed by atoms with van der Waals surface area (Å²) in [5, 5.41) is 6.91. The molecule has 0 bridgehead atoms. The molecular weight excluding hydrogens is 364 g/mol. The maximum atomic E-state index is 12.3. The predicted octanol–water partition coefficient (Wildman–Crippen LogP) is 2.10. The van der Waals surface area contributed by atoms with Crippen molar-refractivity contribution in [2.75, 3.05) is 6.54 Å². The molecule has 2 aliphatic rings. The SMILES string of the molecule is Cn1ncc(C2CCC3C(=O)NNC(CN)C3C2)c1-c1cccc2ccncc12. The molecule has 1 aliphatic carbocycles. The van der Waals surface area contributed by atoms with Crippen LogP contribution >= 0.6 is 0 Å². The van der Waals surface area contributed by atoms with E-state index in [-0.39, 0.29) is 23.8 Å². The van der Waals surface area contributed by atoms with Gasteiger partial charge in [-0.1, -0.05) is 18.2 Å². The maximum Gasteiger partial charge on any atom is 0.237 e. The van der Waals surface area contributed by atoms with Gasteiger partial charge >= 0.3 is 0 Å². The molecule has 4 atom stereocenters. The van der Waals surface area contributed by atoms with Gasteiger partial charge in [-0.15, -0.1) is 0 Å². The summed E-state index contributed by atoms with van der Waals surface area (Å²) in [6.45, 7) is 0.517. The monoisotopic (exact) mass is 390 g/mol. The Morgan fingerprint density at radius 1 is 1.24 bits per heavy atom. The number of carbonyl (C=O) groups excluding carboxylic acids is 1. The highest BCUT2D eigenvalue weighted by atomic mass is 16.2. The Hall–Kier alpha value is -2.77. The minimum atomic E-state index is 0.0444. The van der Waals surface area contributed by atoms with Crippen molar-refractivity contribution >= 4 is 16.7 Å². The smallest absolute Gasteiger partial charge is 0.237 e. The van der Waals surface area contributed by atoms with Gasteiger partial charge in [0.25, 0.3) is 0 Å². The van der Waals surface area contributed by atoms with Crippen LogP contribution in [-0.4, -0.2) is 33.3 Å². The Labute approximate surface area is 169 Å². The van der Waals surface area contributed by atoms with Crippen LogP contribution in [0.1, 0.15) is 30.7 Å². The number of pyridine rings is 1. The zero-order chi connectivity index (χ0) is 20.0. The lowest BCUT2D eigenvalue weighted by atomic mass is 9.68. The summed E-state index contributed by atoms with van der Waals surface area (Å²) < 4.78 is 1.97. The molecular formula is C22H26N6O. The first kappa shape index (κ1) is 18.3. The largest absolute Gasteiger partial charge is 0.329 e. The van der Waals surface area contributed by atoms with Crippen LogP contribution in [0.2, 0.25) is 0 Å². The highest BCUT2D eigenvalue weighted by Crippen LogP contribution is 2.45. The van der Waals surface area contributed by atoms with Gasteiger partial charge in [-0.2, -0.15) is 5.10 Å². The molecule has 150 valence electrons. The summed E-state index contributed by atoms with van der Waals surface area (Å²) in [5.41, 5.74) is 15.5. The fraction of sp³-hybridized carbons (Fsp3) is 0.409. The average Bonchev–Trinajstić information content (AvgIpc) is 3.14. The fourth-order valence-corrected chi connectivity index (χ4v) is 5.26. The second kappa shape index (κ2) is 7.24. The first-order valence-electron chi connectivity index (χ1n) is 10.3. The lowest BCUT2D eigenvalue weighted by molar-refractivity contribution is -0.133. The van der Waals surface area contributed by atoms with Crippen LogP contribution in [0.15, 0.2) is 42.9 Å². The quantitative estimate of drug-likeness (QED) is 0.636. The van der Waals surface area contributed by atoms with Crippen molar-refractivity contribution in [2.24, 2.45) is 24.6 Å². The first-order chi connectivity index (χ1) is 14.2. The summed E-state index contributed by atoms with van der Waals surface area (Å²) >= 11 is 0. The van der Waals surface area contributed by atoms with Crippen LogP contribution in [0.25, 0.3) is 22.0 Å². The molecule has 1 aliphatic heterocycles. The van der Waals surface area contributed by atoms with Crippen molar-refractivity contribution in [3.05, 3.63) is 48.4 Å². The molecule has 29 heavy (non-hydrogen) atoms. The van der Waals surface area contributed by atoms with E-state index in [1.807, 2.05) is 36.4 Å². The van der Waals surface area contributed by atoms with Crippen LogP contribution in [-0.2, 0) is 11.8 Å². The third-order valence-corrected chi connectivity index (χ3v) is 6.73. The lowest BCUT2D eigenvalue weighted by Gasteiger charge is -2.43. The topological polar surface area (TPSA) is 97.9 Å². The molecule has 1 aromatic carbocycles. The predicted molar refractivity (Wildman–Crippen MR) is 112 cm³/mol. The first-order valence-corrected chi connectivity index (χ1v) is 10.3. The number of nitrogens with one attached hydrogen (secondary N) is 2. The number of fused-ring (bicyclic) bond motifs is 2. The number of hydrogen-bond donors (Lipinski definition) is 3. The van der Waals surface area contributed by atoms with Gasteiger partial charge in [-0.25, -0.2) is 5.43 Å². The molecule has 1 saturated carbocycles. The van der Waals surface area contributed by atoms with E-state index in [2.05, 4.69) is 39.1 Å². The molecule has 0 radical (unpaired) electrons. The molecule has 1 amide bonds. The van der Waals surface area contributed by atoms with Gasteiger partial charge < -0.3 is 5.73 Å². The molecule has 3 aromatic rings. The zero-order valence-electron chi connectivity index (χ0n) is 16.5. The fourth-order valence-electron chi connectivity index (χ4n) is 5.26. The van der Waals surface area contributed by atoms with Crippen molar-refractivity contribution in [1.29, 1.82) is 0 Å². The third kappa shape index (κ3) is 3.01. The molecule has 2 aromatic heterocycles. The van der Waals surface area contributed by atoms with Crippen molar-refractivity contribution in [3.63, 3.8) is 0 Å². The summed E-state index contributed by atoms with van der Waals surface area (Å²) in [4.78, 5) is 16.7. The van der Waals surface area contributed by atoms with Crippen LogP contribution in [0, 0.1) is 11.8 Å². The molecule has 5 rings (SSSR count). The number of aryl methyl sites for hydroxylation is 1. The Morgan fingerprint density at radius 2 is 2.14 bits per heavy atom. The van der Waals surface area contributed by atoms with Gasteiger partial charge in [-0.05, 0) is 42.6 Å². The molecule has 4 N–H and O–H groups in total. The third-order valence-electron chi connectivity index (χ3n) is 6.73. The van der Waals surface area contributed by atoms with Gasteiger partial charge in [0.1, 0.15) is 0 Å². The number of nitrogens with two attached hydrogens (primary N) is 1.